The summed E-state index contributed by atoms with van der Waals surface area (Å²) in [7, 11) is 0. The highest BCUT2D eigenvalue weighted by molar-refractivity contribution is 9.10. The van der Waals surface area contributed by atoms with E-state index in [0.29, 0.717) is 22.4 Å². The number of aryl methyl sites for hydroxylation is 1. The van der Waals surface area contributed by atoms with Gasteiger partial charge in [-0.2, -0.15) is 0 Å². The van der Waals surface area contributed by atoms with Gasteiger partial charge in [-0.1, -0.05) is 27.6 Å². The third-order valence-electron chi connectivity index (χ3n) is 2.85. The Bertz CT molecular complexity index is 653. The highest BCUT2D eigenvalue weighted by Crippen LogP contribution is 2.27. The summed E-state index contributed by atoms with van der Waals surface area (Å²) in [6.07, 6.45) is 0. The Morgan fingerprint density at radius 3 is 2.65 bits per heavy atom. The average molecular weight is 337 g/mol. The van der Waals surface area contributed by atoms with E-state index in [1.807, 2.05) is 19.9 Å². The van der Waals surface area contributed by atoms with E-state index in [0.717, 1.165) is 5.56 Å². The van der Waals surface area contributed by atoms with Crippen molar-refractivity contribution in [2.45, 2.75) is 13.8 Å². The van der Waals surface area contributed by atoms with Gasteiger partial charge < -0.3 is 4.74 Å². The lowest BCUT2D eigenvalue weighted by Gasteiger charge is -2.11. The van der Waals surface area contributed by atoms with E-state index in [-0.39, 0.29) is 11.3 Å². The highest BCUT2D eigenvalue weighted by Gasteiger charge is 2.18. The number of hydrogen-bond acceptors (Lipinski definition) is 2. The normalized spacial score (nSPS) is 10.4. The van der Waals surface area contributed by atoms with E-state index in [1.54, 1.807) is 12.1 Å². The van der Waals surface area contributed by atoms with Gasteiger partial charge in [0, 0.05) is 10.0 Å². The maximum absolute atomic E-state index is 13.3. The summed E-state index contributed by atoms with van der Waals surface area (Å²) in [5.74, 6) is -0.190. The van der Waals surface area contributed by atoms with Crippen molar-refractivity contribution in [3.05, 3.63) is 63.4 Å². The summed E-state index contributed by atoms with van der Waals surface area (Å²) in [6.45, 7) is 4.22. The smallest absolute Gasteiger partial charge is 0.197 e. The van der Waals surface area contributed by atoms with Crippen LogP contribution in [0.5, 0.6) is 5.75 Å². The van der Waals surface area contributed by atoms with Gasteiger partial charge in [0.2, 0.25) is 0 Å². The molecule has 2 aromatic carbocycles. The van der Waals surface area contributed by atoms with Crippen molar-refractivity contribution in [1.29, 1.82) is 0 Å². The largest absolute Gasteiger partial charge is 0.493 e. The maximum atomic E-state index is 13.3. The summed E-state index contributed by atoms with van der Waals surface area (Å²) in [5, 5.41) is 0. The molecule has 2 rings (SSSR count). The lowest BCUT2D eigenvalue weighted by molar-refractivity contribution is 0.103. The van der Waals surface area contributed by atoms with E-state index in [9.17, 15) is 9.18 Å². The summed E-state index contributed by atoms with van der Waals surface area (Å²) in [4.78, 5) is 12.6. The van der Waals surface area contributed by atoms with Crippen molar-refractivity contribution in [3.63, 3.8) is 0 Å². The molecule has 0 aliphatic heterocycles. The third-order valence-corrected chi connectivity index (χ3v) is 3.54. The van der Waals surface area contributed by atoms with Gasteiger partial charge in [-0.25, -0.2) is 4.39 Å². The van der Waals surface area contributed by atoms with Crippen molar-refractivity contribution < 1.29 is 13.9 Å². The molecule has 0 atom stereocenters. The van der Waals surface area contributed by atoms with Crippen LogP contribution in [0.4, 0.5) is 4.39 Å². The molecule has 0 aliphatic rings. The molecule has 0 aliphatic carbocycles. The minimum Gasteiger partial charge on any atom is -0.493 e. The van der Waals surface area contributed by atoms with E-state index in [1.165, 1.54) is 18.2 Å². The summed E-state index contributed by atoms with van der Waals surface area (Å²) in [6, 6.07) is 9.45. The Hall–Kier alpha value is -1.68. The lowest BCUT2D eigenvalue weighted by Crippen LogP contribution is -2.07. The molecule has 0 saturated heterocycles. The number of halogens is 2. The monoisotopic (exact) mass is 336 g/mol. The van der Waals surface area contributed by atoms with Crippen LogP contribution in [0, 0.1) is 12.7 Å². The van der Waals surface area contributed by atoms with Crippen molar-refractivity contribution in [2.24, 2.45) is 0 Å². The minimum absolute atomic E-state index is 0.261. The fraction of sp³-hybridized carbons (Fsp3) is 0.188. The number of rotatable bonds is 4. The van der Waals surface area contributed by atoms with Gasteiger partial charge >= 0.3 is 0 Å². The number of benzene rings is 2. The van der Waals surface area contributed by atoms with E-state index in [2.05, 4.69) is 15.9 Å². The van der Waals surface area contributed by atoms with E-state index in [4.69, 9.17) is 4.74 Å². The molecule has 2 aromatic rings. The molecular weight excluding hydrogens is 323 g/mol. The van der Waals surface area contributed by atoms with Crippen LogP contribution in [-0.2, 0) is 0 Å². The van der Waals surface area contributed by atoms with Crippen LogP contribution in [0.1, 0.15) is 28.4 Å². The molecule has 2 nitrogen and oxygen atoms in total. The van der Waals surface area contributed by atoms with Gasteiger partial charge in [0.1, 0.15) is 11.6 Å². The number of carbonyl (C=O) groups is 1. The molecule has 0 amide bonds. The topological polar surface area (TPSA) is 26.3 Å². The molecular formula is C16H14BrFO2. The molecule has 0 spiro atoms. The Kier molecular flexibility index (Phi) is 4.55. The van der Waals surface area contributed by atoms with Crippen LogP contribution < -0.4 is 4.74 Å². The van der Waals surface area contributed by atoms with Gasteiger partial charge in [0.25, 0.3) is 0 Å². The van der Waals surface area contributed by atoms with Gasteiger partial charge in [-0.05, 0) is 44.2 Å². The first-order chi connectivity index (χ1) is 9.52. The van der Waals surface area contributed by atoms with Crippen molar-refractivity contribution >= 4 is 21.7 Å². The number of hydrogen-bond donors (Lipinski definition) is 0. The van der Waals surface area contributed by atoms with Crippen LogP contribution in [0.3, 0.4) is 0 Å². The van der Waals surface area contributed by atoms with Crippen molar-refractivity contribution in [2.75, 3.05) is 6.61 Å². The molecule has 4 heteroatoms. The summed E-state index contributed by atoms with van der Waals surface area (Å²) < 4.78 is 19.4. The molecule has 0 heterocycles. The van der Waals surface area contributed by atoms with Gasteiger partial charge in [-0.3, -0.25) is 4.79 Å². The predicted molar refractivity (Wildman–Crippen MR) is 79.9 cm³/mol. The molecule has 0 aromatic heterocycles. The SMILES string of the molecule is CCOc1ccc(C)cc1C(=O)c1cc(F)ccc1Br. The number of ketones is 1. The Labute approximate surface area is 125 Å². The first kappa shape index (κ1) is 14.7. The first-order valence-electron chi connectivity index (χ1n) is 6.26. The van der Waals surface area contributed by atoms with Crippen molar-refractivity contribution in [1.82, 2.24) is 0 Å². The molecule has 104 valence electrons. The zero-order chi connectivity index (χ0) is 14.7. The highest BCUT2D eigenvalue weighted by atomic mass is 79.9. The van der Waals surface area contributed by atoms with Crippen molar-refractivity contribution in [3.8, 4) is 5.75 Å². The Balaban J connectivity index is 2.52. The quantitative estimate of drug-likeness (QED) is 0.767. The Morgan fingerprint density at radius 1 is 1.20 bits per heavy atom. The molecule has 0 saturated carbocycles. The number of ether oxygens (including phenoxy) is 1. The third kappa shape index (κ3) is 3.07. The molecule has 0 bridgehead atoms. The Morgan fingerprint density at radius 2 is 1.95 bits per heavy atom. The second-order valence-electron chi connectivity index (χ2n) is 4.39. The molecule has 20 heavy (non-hydrogen) atoms. The second-order valence-corrected chi connectivity index (χ2v) is 5.24. The average Bonchev–Trinajstić information content (AvgIpc) is 2.43. The van der Waals surface area contributed by atoms with E-state index < -0.39 is 5.82 Å². The second kappa shape index (κ2) is 6.18. The maximum Gasteiger partial charge on any atom is 0.197 e. The lowest BCUT2D eigenvalue weighted by atomic mass is 10.0. The molecule has 0 radical (unpaired) electrons. The fourth-order valence-corrected chi connectivity index (χ4v) is 2.35. The zero-order valence-electron chi connectivity index (χ0n) is 11.2. The van der Waals surface area contributed by atoms with E-state index >= 15 is 0 Å². The molecule has 0 N–H and O–H groups in total. The zero-order valence-corrected chi connectivity index (χ0v) is 12.8. The van der Waals surface area contributed by atoms with Crippen LogP contribution >= 0.6 is 15.9 Å². The predicted octanol–water partition coefficient (Wildman–Crippen LogP) is 4.53. The van der Waals surface area contributed by atoms with Gasteiger partial charge in [-0.15, -0.1) is 0 Å². The number of carbonyl (C=O) groups excluding carboxylic acids is 1. The first-order valence-corrected chi connectivity index (χ1v) is 7.05. The van der Waals surface area contributed by atoms with Crippen LogP contribution in [0.2, 0.25) is 0 Å². The van der Waals surface area contributed by atoms with Crippen LogP contribution in [-0.4, -0.2) is 12.4 Å². The molecule has 0 unspecified atom stereocenters. The van der Waals surface area contributed by atoms with Gasteiger partial charge in [0.15, 0.2) is 5.78 Å². The standard InChI is InChI=1S/C16H14BrFO2/c1-3-20-15-7-4-10(2)8-13(15)16(19)12-9-11(18)5-6-14(12)17/h4-9H,3H2,1-2H3. The van der Waals surface area contributed by atoms with Gasteiger partial charge in [0.05, 0.1) is 12.2 Å². The minimum atomic E-state index is -0.442. The fourth-order valence-electron chi connectivity index (χ4n) is 1.92. The summed E-state index contributed by atoms with van der Waals surface area (Å²) >= 11 is 3.28. The summed E-state index contributed by atoms with van der Waals surface area (Å²) in [5.41, 5.74) is 1.68. The van der Waals surface area contributed by atoms with Crippen LogP contribution in [0.15, 0.2) is 40.9 Å². The van der Waals surface area contributed by atoms with Crippen LogP contribution in [0.25, 0.3) is 0 Å². The molecule has 0 fully saturated rings.